The van der Waals surface area contributed by atoms with Crippen LogP contribution in [0.2, 0.25) is 0 Å². The highest BCUT2D eigenvalue weighted by Crippen LogP contribution is 2.35. The van der Waals surface area contributed by atoms with Crippen LogP contribution in [-0.4, -0.2) is 49.4 Å². The molecule has 0 radical (unpaired) electrons. The summed E-state index contributed by atoms with van der Waals surface area (Å²) < 4.78 is 0. The van der Waals surface area contributed by atoms with E-state index in [2.05, 4.69) is 39.4 Å². The Morgan fingerprint density at radius 3 is 2.18 bits per heavy atom. The molecule has 2 aliphatic heterocycles. The van der Waals surface area contributed by atoms with Crippen molar-refractivity contribution in [2.75, 3.05) is 37.6 Å². The number of amides is 2. The molecule has 34 heavy (non-hydrogen) atoms. The normalized spacial score (nSPS) is 19.9. The molecule has 0 aliphatic carbocycles. The zero-order chi connectivity index (χ0) is 24.5. The summed E-state index contributed by atoms with van der Waals surface area (Å²) >= 11 is 0. The SMILES string of the molecule is Cc1cccc(C)c1C(=O)N1CC2CN(c3cccc(CCCNC(=O)C(C)(C)C)c3)CC2C1. The first kappa shape index (κ1) is 24.3. The second-order valence-electron chi connectivity index (χ2n) is 11.2. The Labute approximate surface area is 204 Å². The van der Waals surface area contributed by atoms with Crippen LogP contribution in [0.1, 0.15) is 54.2 Å². The Morgan fingerprint density at radius 2 is 1.56 bits per heavy atom. The maximum Gasteiger partial charge on any atom is 0.254 e. The molecule has 2 aromatic carbocycles. The van der Waals surface area contributed by atoms with Gasteiger partial charge in [0.2, 0.25) is 5.91 Å². The first-order valence-electron chi connectivity index (χ1n) is 12.6. The van der Waals surface area contributed by atoms with Crippen molar-refractivity contribution in [3.8, 4) is 0 Å². The number of likely N-dealkylation sites (tertiary alicyclic amines) is 1. The van der Waals surface area contributed by atoms with Gasteiger partial charge >= 0.3 is 0 Å². The van der Waals surface area contributed by atoms with Gasteiger partial charge in [0.05, 0.1) is 0 Å². The lowest BCUT2D eigenvalue weighted by molar-refractivity contribution is -0.128. The number of benzene rings is 2. The van der Waals surface area contributed by atoms with Gasteiger partial charge in [-0.15, -0.1) is 0 Å². The smallest absolute Gasteiger partial charge is 0.254 e. The number of anilines is 1. The minimum absolute atomic E-state index is 0.106. The molecule has 0 bridgehead atoms. The molecule has 0 spiro atoms. The molecule has 2 atom stereocenters. The first-order chi connectivity index (χ1) is 16.1. The standard InChI is InChI=1S/C29H39N3O2/c1-20-9-6-10-21(2)26(20)27(33)32-18-23-16-31(17-24(23)19-32)25-13-7-11-22(15-25)12-8-14-30-28(34)29(3,4)5/h6-7,9-11,13,15,23-24H,8,12,14,16-19H2,1-5H3,(H,30,34). The highest BCUT2D eigenvalue weighted by atomic mass is 16.2. The Hall–Kier alpha value is -2.82. The van der Waals surface area contributed by atoms with Crippen LogP contribution in [0.5, 0.6) is 0 Å². The van der Waals surface area contributed by atoms with E-state index in [0.29, 0.717) is 18.4 Å². The molecule has 0 aromatic heterocycles. The predicted octanol–water partition coefficient (Wildman–Crippen LogP) is 4.61. The lowest BCUT2D eigenvalue weighted by atomic mass is 9.95. The van der Waals surface area contributed by atoms with Crippen LogP contribution in [0.3, 0.4) is 0 Å². The van der Waals surface area contributed by atoms with Crippen LogP contribution in [0.15, 0.2) is 42.5 Å². The van der Waals surface area contributed by atoms with Gasteiger partial charge in [-0.05, 0) is 55.5 Å². The van der Waals surface area contributed by atoms with Crippen molar-refractivity contribution in [3.63, 3.8) is 0 Å². The summed E-state index contributed by atoms with van der Waals surface area (Å²) in [5, 5.41) is 3.04. The van der Waals surface area contributed by atoms with Crippen molar-refractivity contribution in [3.05, 3.63) is 64.7 Å². The van der Waals surface area contributed by atoms with E-state index in [1.807, 2.05) is 52.8 Å². The molecule has 5 nitrogen and oxygen atoms in total. The molecule has 2 heterocycles. The minimum atomic E-state index is -0.341. The van der Waals surface area contributed by atoms with Crippen molar-refractivity contribution in [2.45, 2.75) is 47.5 Å². The molecule has 1 N–H and O–H groups in total. The van der Waals surface area contributed by atoms with E-state index < -0.39 is 0 Å². The fraction of sp³-hybridized carbons (Fsp3) is 0.517. The van der Waals surface area contributed by atoms with E-state index in [0.717, 1.165) is 55.7 Å². The monoisotopic (exact) mass is 461 g/mol. The van der Waals surface area contributed by atoms with Crippen LogP contribution in [-0.2, 0) is 11.2 Å². The number of carbonyl (C=O) groups is 2. The van der Waals surface area contributed by atoms with Gasteiger partial charge in [-0.1, -0.05) is 51.1 Å². The molecule has 0 saturated carbocycles. The van der Waals surface area contributed by atoms with Crippen molar-refractivity contribution in [2.24, 2.45) is 17.3 Å². The van der Waals surface area contributed by atoms with Gasteiger partial charge in [-0.3, -0.25) is 9.59 Å². The van der Waals surface area contributed by atoms with E-state index in [9.17, 15) is 9.59 Å². The Kier molecular flexibility index (Phi) is 7.01. The third kappa shape index (κ3) is 5.29. The van der Waals surface area contributed by atoms with Crippen LogP contribution < -0.4 is 10.2 Å². The van der Waals surface area contributed by atoms with Crippen LogP contribution >= 0.6 is 0 Å². The third-order valence-electron chi connectivity index (χ3n) is 7.35. The molecule has 2 amide bonds. The summed E-state index contributed by atoms with van der Waals surface area (Å²) in [5.41, 5.74) is 5.26. The van der Waals surface area contributed by atoms with Gasteiger partial charge < -0.3 is 15.1 Å². The van der Waals surface area contributed by atoms with Gasteiger partial charge in [-0.2, -0.15) is 0 Å². The number of aryl methyl sites for hydroxylation is 3. The topological polar surface area (TPSA) is 52.7 Å². The molecule has 2 saturated heterocycles. The highest BCUT2D eigenvalue weighted by Gasteiger charge is 2.42. The molecular formula is C29H39N3O2. The van der Waals surface area contributed by atoms with Crippen molar-refractivity contribution in [1.82, 2.24) is 10.2 Å². The molecule has 2 unspecified atom stereocenters. The molecule has 182 valence electrons. The second kappa shape index (κ2) is 9.81. The maximum absolute atomic E-state index is 13.2. The molecular weight excluding hydrogens is 422 g/mol. The van der Waals surface area contributed by atoms with Crippen molar-refractivity contribution < 1.29 is 9.59 Å². The Balaban J connectivity index is 1.30. The maximum atomic E-state index is 13.2. The molecule has 2 fully saturated rings. The van der Waals surface area contributed by atoms with Crippen molar-refractivity contribution in [1.29, 1.82) is 0 Å². The van der Waals surface area contributed by atoms with Crippen LogP contribution in [0, 0.1) is 31.1 Å². The van der Waals surface area contributed by atoms with E-state index in [1.54, 1.807) is 0 Å². The molecule has 2 aliphatic rings. The molecule has 2 aromatic rings. The number of fused-ring (bicyclic) bond motifs is 1. The van der Waals surface area contributed by atoms with Gasteiger partial charge in [0.1, 0.15) is 0 Å². The predicted molar refractivity (Wildman–Crippen MR) is 138 cm³/mol. The van der Waals surface area contributed by atoms with E-state index in [1.165, 1.54) is 11.3 Å². The summed E-state index contributed by atoms with van der Waals surface area (Å²) in [4.78, 5) is 29.8. The molecule has 5 heteroatoms. The lowest BCUT2D eigenvalue weighted by Crippen LogP contribution is -2.35. The average Bonchev–Trinajstić information content (AvgIpc) is 3.35. The average molecular weight is 462 g/mol. The number of hydrogen-bond donors (Lipinski definition) is 1. The van der Waals surface area contributed by atoms with E-state index in [4.69, 9.17) is 0 Å². The van der Waals surface area contributed by atoms with Crippen LogP contribution in [0.25, 0.3) is 0 Å². The van der Waals surface area contributed by atoms with Gasteiger partial charge in [0.25, 0.3) is 5.91 Å². The summed E-state index contributed by atoms with van der Waals surface area (Å²) in [6.45, 7) is 14.3. The number of rotatable bonds is 6. The zero-order valence-corrected chi connectivity index (χ0v) is 21.4. The number of nitrogens with one attached hydrogen (secondary N) is 1. The summed E-state index contributed by atoms with van der Waals surface area (Å²) in [5.74, 6) is 1.36. The van der Waals surface area contributed by atoms with E-state index in [-0.39, 0.29) is 17.2 Å². The summed E-state index contributed by atoms with van der Waals surface area (Å²) in [6.07, 6.45) is 1.89. The van der Waals surface area contributed by atoms with Crippen molar-refractivity contribution >= 4 is 17.5 Å². The second-order valence-corrected chi connectivity index (χ2v) is 11.2. The zero-order valence-electron chi connectivity index (χ0n) is 21.4. The number of nitrogens with zero attached hydrogens (tertiary/aromatic N) is 2. The Bertz CT molecular complexity index is 1020. The fourth-order valence-corrected chi connectivity index (χ4v) is 5.35. The highest BCUT2D eigenvalue weighted by molar-refractivity contribution is 5.97. The first-order valence-corrected chi connectivity index (χ1v) is 12.6. The minimum Gasteiger partial charge on any atom is -0.371 e. The number of carbonyl (C=O) groups excluding carboxylic acids is 2. The summed E-state index contributed by atoms with van der Waals surface area (Å²) in [7, 11) is 0. The van der Waals surface area contributed by atoms with E-state index >= 15 is 0 Å². The lowest BCUT2D eigenvalue weighted by Gasteiger charge is -2.24. The Morgan fingerprint density at radius 1 is 0.941 bits per heavy atom. The summed E-state index contributed by atoms with van der Waals surface area (Å²) in [6, 6.07) is 14.9. The number of hydrogen-bond acceptors (Lipinski definition) is 3. The van der Waals surface area contributed by atoms with Gasteiger partial charge in [0, 0.05) is 61.2 Å². The van der Waals surface area contributed by atoms with Gasteiger partial charge in [-0.25, -0.2) is 0 Å². The fourth-order valence-electron chi connectivity index (χ4n) is 5.35. The third-order valence-corrected chi connectivity index (χ3v) is 7.35. The molecule has 4 rings (SSSR count). The van der Waals surface area contributed by atoms with Gasteiger partial charge in [0.15, 0.2) is 0 Å². The van der Waals surface area contributed by atoms with Crippen LogP contribution in [0.4, 0.5) is 5.69 Å². The quantitative estimate of drug-likeness (QED) is 0.640. The largest absolute Gasteiger partial charge is 0.371 e.